The van der Waals surface area contributed by atoms with Gasteiger partial charge in [0.1, 0.15) is 0 Å². The van der Waals surface area contributed by atoms with Gasteiger partial charge in [0.25, 0.3) is 0 Å². The van der Waals surface area contributed by atoms with Crippen molar-refractivity contribution in [2.24, 2.45) is 11.7 Å². The number of piperidine rings is 1. The van der Waals surface area contributed by atoms with E-state index in [1.807, 2.05) is 36.4 Å². The summed E-state index contributed by atoms with van der Waals surface area (Å²) in [6.07, 6.45) is 5.03. The highest BCUT2D eigenvalue weighted by atomic mass is 16.2. The van der Waals surface area contributed by atoms with Gasteiger partial charge in [0, 0.05) is 37.5 Å². The molecule has 0 aliphatic carbocycles. The third-order valence-corrected chi connectivity index (χ3v) is 5.19. The van der Waals surface area contributed by atoms with Crippen molar-refractivity contribution in [2.75, 3.05) is 23.7 Å². The lowest BCUT2D eigenvalue weighted by Crippen LogP contribution is -2.40. The summed E-state index contributed by atoms with van der Waals surface area (Å²) in [7, 11) is 0. The topological polar surface area (TPSA) is 105 Å². The molecule has 2 aromatic rings. The number of rotatable bonds is 7. The first-order valence-corrected chi connectivity index (χ1v) is 10.4. The average Bonchev–Trinajstić information content (AvgIpc) is 2.74. The minimum Gasteiger partial charge on any atom is -0.369 e. The molecule has 162 valence electrons. The van der Waals surface area contributed by atoms with Crippen molar-refractivity contribution >= 4 is 35.2 Å². The maximum Gasteiger partial charge on any atom is 0.248 e. The number of anilines is 2. The van der Waals surface area contributed by atoms with Crippen LogP contribution in [0.5, 0.6) is 0 Å². The van der Waals surface area contributed by atoms with E-state index >= 15 is 0 Å². The highest BCUT2D eigenvalue weighted by Gasteiger charge is 2.23. The number of carbonyl (C=O) groups is 3. The zero-order valence-corrected chi connectivity index (χ0v) is 17.6. The van der Waals surface area contributed by atoms with Gasteiger partial charge in [-0.2, -0.15) is 0 Å². The van der Waals surface area contributed by atoms with Gasteiger partial charge in [-0.15, -0.1) is 0 Å². The molecule has 1 unspecified atom stereocenters. The SMILES string of the molecule is CC(=O)Nc1ccc(/C=C/C(=O)Nc2ccc(CN3CCCC(C(N)=O)C3)cc2)cc1. The highest BCUT2D eigenvalue weighted by Crippen LogP contribution is 2.19. The van der Waals surface area contributed by atoms with Crippen LogP contribution in [0.1, 0.15) is 30.9 Å². The van der Waals surface area contributed by atoms with Crippen LogP contribution in [0.15, 0.2) is 54.6 Å². The molecule has 3 amide bonds. The van der Waals surface area contributed by atoms with Gasteiger partial charge in [-0.05, 0) is 60.9 Å². The zero-order chi connectivity index (χ0) is 22.2. The van der Waals surface area contributed by atoms with Crippen molar-refractivity contribution in [1.82, 2.24) is 4.90 Å². The number of likely N-dealkylation sites (tertiary alicyclic amines) is 1. The van der Waals surface area contributed by atoms with Crippen molar-refractivity contribution in [2.45, 2.75) is 26.3 Å². The van der Waals surface area contributed by atoms with E-state index in [9.17, 15) is 14.4 Å². The Morgan fingerprint density at radius 2 is 1.68 bits per heavy atom. The number of benzene rings is 2. The molecule has 1 saturated heterocycles. The molecule has 0 spiro atoms. The number of hydrogen-bond donors (Lipinski definition) is 3. The highest BCUT2D eigenvalue weighted by molar-refractivity contribution is 6.02. The van der Waals surface area contributed by atoms with Gasteiger partial charge in [-0.1, -0.05) is 24.3 Å². The second-order valence-electron chi connectivity index (χ2n) is 7.80. The fourth-order valence-electron chi connectivity index (χ4n) is 3.62. The number of nitrogens with one attached hydrogen (secondary N) is 2. The zero-order valence-electron chi connectivity index (χ0n) is 17.6. The molecule has 4 N–H and O–H groups in total. The molecule has 7 heteroatoms. The summed E-state index contributed by atoms with van der Waals surface area (Å²) in [5, 5.41) is 5.55. The summed E-state index contributed by atoms with van der Waals surface area (Å²) in [5.74, 6) is -0.640. The smallest absolute Gasteiger partial charge is 0.248 e. The van der Waals surface area contributed by atoms with Crippen LogP contribution >= 0.6 is 0 Å². The van der Waals surface area contributed by atoms with Crippen molar-refractivity contribution in [3.8, 4) is 0 Å². The Balaban J connectivity index is 1.50. The minimum absolute atomic E-state index is 0.0688. The number of primary amides is 1. The van der Waals surface area contributed by atoms with Crippen LogP contribution in [0.3, 0.4) is 0 Å². The van der Waals surface area contributed by atoms with Crippen LogP contribution in [-0.2, 0) is 20.9 Å². The molecule has 1 fully saturated rings. The second-order valence-corrected chi connectivity index (χ2v) is 7.80. The lowest BCUT2D eigenvalue weighted by atomic mass is 9.97. The Hall–Kier alpha value is -3.45. The first-order valence-electron chi connectivity index (χ1n) is 10.4. The van der Waals surface area contributed by atoms with E-state index in [1.165, 1.54) is 13.0 Å². The quantitative estimate of drug-likeness (QED) is 0.599. The molecule has 2 aromatic carbocycles. The molecule has 0 aromatic heterocycles. The van der Waals surface area contributed by atoms with Crippen LogP contribution < -0.4 is 16.4 Å². The van der Waals surface area contributed by atoms with Crippen molar-refractivity contribution in [3.05, 3.63) is 65.7 Å². The molecule has 1 aliphatic rings. The largest absolute Gasteiger partial charge is 0.369 e. The molecule has 31 heavy (non-hydrogen) atoms. The van der Waals surface area contributed by atoms with Crippen LogP contribution in [0.2, 0.25) is 0 Å². The number of amides is 3. The summed E-state index contributed by atoms with van der Waals surface area (Å²) in [5.41, 5.74) is 8.86. The van der Waals surface area contributed by atoms with Gasteiger partial charge in [0.05, 0.1) is 5.92 Å². The predicted octanol–water partition coefficient (Wildman–Crippen LogP) is 2.99. The third-order valence-electron chi connectivity index (χ3n) is 5.19. The van der Waals surface area contributed by atoms with Crippen molar-refractivity contribution in [1.29, 1.82) is 0 Å². The van der Waals surface area contributed by atoms with Crippen LogP contribution in [0, 0.1) is 5.92 Å². The molecule has 3 rings (SSSR count). The van der Waals surface area contributed by atoms with E-state index in [0.717, 1.165) is 37.1 Å². The lowest BCUT2D eigenvalue weighted by molar-refractivity contribution is -0.123. The van der Waals surface area contributed by atoms with Crippen LogP contribution in [0.4, 0.5) is 11.4 Å². The van der Waals surface area contributed by atoms with Crippen LogP contribution in [0.25, 0.3) is 6.08 Å². The van der Waals surface area contributed by atoms with Crippen molar-refractivity contribution < 1.29 is 14.4 Å². The molecular formula is C24H28N4O3. The average molecular weight is 421 g/mol. The number of nitrogens with two attached hydrogens (primary N) is 1. The first kappa shape index (κ1) is 22.2. The van der Waals surface area contributed by atoms with Gasteiger partial charge in [-0.3, -0.25) is 19.3 Å². The Bertz CT molecular complexity index is 952. The van der Waals surface area contributed by atoms with Crippen molar-refractivity contribution in [3.63, 3.8) is 0 Å². The van der Waals surface area contributed by atoms with E-state index in [-0.39, 0.29) is 23.6 Å². The van der Waals surface area contributed by atoms with Gasteiger partial charge in [-0.25, -0.2) is 0 Å². The fraction of sp³-hybridized carbons (Fsp3) is 0.292. The number of hydrogen-bond acceptors (Lipinski definition) is 4. The van der Waals surface area contributed by atoms with E-state index in [0.29, 0.717) is 17.9 Å². The van der Waals surface area contributed by atoms with Crippen LogP contribution in [-0.4, -0.2) is 35.7 Å². The van der Waals surface area contributed by atoms with Gasteiger partial charge >= 0.3 is 0 Å². The summed E-state index contributed by atoms with van der Waals surface area (Å²) in [6.45, 7) is 3.87. The molecule has 0 saturated carbocycles. The molecule has 7 nitrogen and oxygen atoms in total. The Morgan fingerprint density at radius 3 is 2.32 bits per heavy atom. The van der Waals surface area contributed by atoms with Gasteiger partial charge in [0.15, 0.2) is 0 Å². The van der Waals surface area contributed by atoms with E-state index < -0.39 is 0 Å². The maximum atomic E-state index is 12.2. The second kappa shape index (κ2) is 10.5. The molecule has 1 aliphatic heterocycles. The normalized spacial score (nSPS) is 16.7. The summed E-state index contributed by atoms with van der Waals surface area (Å²) in [6, 6.07) is 14.9. The first-order chi connectivity index (χ1) is 14.9. The fourth-order valence-corrected chi connectivity index (χ4v) is 3.62. The molecule has 0 radical (unpaired) electrons. The maximum absolute atomic E-state index is 12.2. The predicted molar refractivity (Wildman–Crippen MR) is 122 cm³/mol. The lowest BCUT2D eigenvalue weighted by Gasteiger charge is -2.31. The number of nitrogens with zero attached hydrogens (tertiary/aromatic N) is 1. The summed E-state index contributed by atoms with van der Waals surface area (Å²) in [4.78, 5) is 36.9. The molecular weight excluding hydrogens is 392 g/mol. The molecule has 1 atom stereocenters. The summed E-state index contributed by atoms with van der Waals surface area (Å²) < 4.78 is 0. The Labute approximate surface area is 182 Å². The van der Waals surface area contributed by atoms with E-state index in [1.54, 1.807) is 18.2 Å². The number of carbonyl (C=O) groups excluding carboxylic acids is 3. The Kier molecular flexibility index (Phi) is 7.56. The standard InChI is InChI=1S/C24H28N4O3/c1-17(29)26-21-9-4-18(5-10-21)8-13-23(30)27-22-11-6-19(7-12-22)15-28-14-2-3-20(16-28)24(25)31/h4-13,20H,2-3,14-16H2,1H3,(H2,25,31)(H,26,29)(H,27,30)/b13-8+. The van der Waals surface area contributed by atoms with Gasteiger partial charge in [0.2, 0.25) is 17.7 Å². The molecule has 1 heterocycles. The van der Waals surface area contributed by atoms with E-state index in [4.69, 9.17) is 5.73 Å². The summed E-state index contributed by atoms with van der Waals surface area (Å²) >= 11 is 0. The molecule has 0 bridgehead atoms. The van der Waals surface area contributed by atoms with E-state index in [2.05, 4.69) is 15.5 Å². The Morgan fingerprint density at radius 1 is 1.03 bits per heavy atom. The monoisotopic (exact) mass is 420 g/mol. The minimum atomic E-state index is -0.223. The third kappa shape index (κ3) is 7.08. The van der Waals surface area contributed by atoms with Gasteiger partial charge < -0.3 is 16.4 Å².